The molecule has 6 heteroatoms. The summed E-state index contributed by atoms with van der Waals surface area (Å²) in [5.41, 5.74) is 1.61. The minimum Gasteiger partial charge on any atom is -0.355 e. The number of carbonyl (C=O) groups is 2. The summed E-state index contributed by atoms with van der Waals surface area (Å²) in [4.78, 5) is 38.4. The van der Waals surface area contributed by atoms with Gasteiger partial charge in [-0.05, 0) is 31.9 Å². The van der Waals surface area contributed by atoms with E-state index in [2.05, 4.69) is 9.88 Å². The summed E-state index contributed by atoms with van der Waals surface area (Å²) in [7, 11) is 0. The second-order valence-electron chi connectivity index (χ2n) is 7.47. The number of amides is 2. The molecule has 1 aromatic carbocycles. The summed E-state index contributed by atoms with van der Waals surface area (Å²) in [5, 5.41) is 0. The van der Waals surface area contributed by atoms with Crippen LogP contribution in [0, 0.1) is 18.8 Å². The first-order chi connectivity index (χ1) is 12.6. The average Bonchev–Trinajstić information content (AvgIpc) is 3.35. The Kier molecular flexibility index (Phi) is 3.35. The summed E-state index contributed by atoms with van der Waals surface area (Å²) in [5.74, 6) is 1.46. The Morgan fingerprint density at radius 3 is 2.23 bits per heavy atom. The number of rotatable bonds is 3. The van der Waals surface area contributed by atoms with Crippen LogP contribution in [0.2, 0.25) is 0 Å². The van der Waals surface area contributed by atoms with Crippen molar-refractivity contribution >= 4 is 23.3 Å². The molecular formula is C20H20N4O2. The van der Waals surface area contributed by atoms with Crippen LogP contribution in [0.3, 0.4) is 0 Å². The van der Waals surface area contributed by atoms with Gasteiger partial charge in [-0.2, -0.15) is 0 Å². The first kappa shape index (κ1) is 15.5. The fraction of sp³-hybridized carbons (Fsp3) is 0.400. The van der Waals surface area contributed by atoms with Gasteiger partial charge in [0.25, 0.3) is 0 Å². The molecule has 2 atom stereocenters. The van der Waals surface area contributed by atoms with E-state index >= 15 is 0 Å². The van der Waals surface area contributed by atoms with Crippen molar-refractivity contribution < 1.29 is 9.59 Å². The number of carbonyl (C=O) groups excluding carboxylic acids is 2. The second-order valence-corrected chi connectivity index (χ2v) is 7.47. The molecule has 26 heavy (non-hydrogen) atoms. The fourth-order valence-corrected chi connectivity index (χ4v) is 4.02. The van der Waals surface area contributed by atoms with Gasteiger partial charge in [-0.25, -0.2) is 14.9 Å². The van der Waals surface area contributed by atoms with Crippen molar-refractivity contribution in [1.82, 2.24) is 9.97 Å². The molecule has 0 N–H and O–H groups in total. The Labute approximate surface area is 151 Å². The molecule has 6 nitrogen and oxygen atoms in total. The summed E-state index contributed by atoms with van der Waals surface area (Å²) >= 11 is 0. The van der Waals surface area contributed by atoms with Gasteiger partial charge in [-0.3, -0.25) is 9.59 Å². The highest BCUT2D eigenvalue weighted by Gasteiger charge is 2.53. The summed E-state index contributed by atoms with van der Waals surface area (Å²) < 4.78 is 0. The number of aromatic nitrogens is 2. The molecular weight excluding hydrogens is 328 g/mol. The molecule has 3 fully saturated rings. The van der Waals surface area contributed by atoms with Gasteiger partial charge in [0, 0.05) is 30.8 Å². The van der Waals surface area contributed by atoms with E-state index in [9.17, 15) is 9.59 Å². The second kappa shape index (κ2) is 5.62. The zero-order valence-electron chi connectivity index (χ0n) is 14.6. The Morgan fingerprint density at radius 2 is 1.62 bits per heavy atom. The number of nitrogens with zero attached hydrogens (tertiary/aromatic N) is 4. The van der Waals surface area contributed by atoms with Gasteiger partial charge in [0.05, 0.1) is 17.5 Å². The normalized spacial score (nSPS) is 25.1. The molecule has 3 heterocycles. The maximum absolute atomic E-state index is 12.9. The van der Waals surface area contributed by atoms with Crippen molar-refractivity contribution in [2.24, 2.45) is 11.8 Å². The largest absolute Gasteiger partial charge is 0.355 e. The molecule has 1 aromatic heterocycles. The number of hydrogen-bond acceptors (Lipinski definition) is 5. The number of anilines is 2. The van der Waals surface area contributed by atoms with Crippen molar-refractivity contribution in [3.8, 4) is 0 Å². The van der Waals surface area contributed by atoms with E-state index in [4.69, 9.17) is 4.98 Å². The minimum atomic E-state index is -0.289. The molecule has 2 saturated heterocycles. The first-order valence-corrected chi connectivity index (χ1v) is 9.15. The minimum absolute atomic E-state index is 0.0955. The van der Waals surface area contributed by atoms with Gasteiger partial charge in [0.15, 0.2) is 0 Å². The molecule has 132 valence electrons. The monoisotopic (exact) mass is 348 g/mol. The first-order valence-electron chi connectivity index (χ1n) is 9.15. The Morgan fingerprint density at radius 1 is 0.962 bits per heavy atom. The van der Waals surface area contributed by atoms with Crippen molar-refractivity contribution in [3.05, 3.63) is 47.9 Å². The maximum atomic E-state index is 12.9. The van der Waals surface area contributed by atoms with E-state index in [1.807, 2.05) is 43.3 Å². The van der Waals surface area contributed by atoms with Gasteiger partial charge < -0.3 is 4.90 Å². The fourth-order valence-electron chi connectivity index (χ4n) is 4.02. The van der Waals surface area contributed by atoms with Gasteiger partial charge in [0.1, 0.15) is 11.6 Å². The molecule has 2 amide bonds. The van der Waals surface area contributed by atoms with E-state index < -0.39 is 0 Å². The molecule has 0 spiro atoms. The standard InChI is InChI=1S/C20H20N4O2/c1-12-9-17(22-18(21-12)13-7-8-13)23-10-15-16(11-23)20(26)24(19(15)25)14-5-3-2-4-6-14/h2-6,9,13,15-16H,7-8,10-11H2,1H3. The summed E-state index contributed by atoms with van der Waals surface area (Å²) in [6.07, 6.45) is 2.30. The van der Waals surface area contributed by atoms with Gasteiger partial charge >= 0.3 is 0 Å². The highest BCUT2D eigenvalue weighted by atomic mass is 16.2. The van der Waals surface area contributed by atoms with Gasteiger partial charge in [-0.15, -0.1) is 0 Å². The van der Waals surface area contributed by atoms with Crippen molar-refractivity contribution in [2.45, 2.75) is 25.7 Å². The van der Waals surface area contributed by atoms with Gasteiger partial charge in [0.2, 0.25) is 11.8 Å². The predicted molar refractivity (Wildman–Crippen MR) is 96.9 cm³/mol. The Bertz CT molecular complexity index is 870. The quantitative estimate of drug-likeness (QED) is 0.796. The number of aryl methyl sites for hydroxylation is 1. The van der Waals surface area contributed by atoms with Crippen LogP contribution in [0.1, 0.15) is 30.3 Å². The molecule has 2 aromatic rings. The molecule has 2 unspecified atom stereocenters. The highest BCUT2D eigenvalue weighted by Crippen LogP contribution is 2.40. The van der Waals surface area contributed by atoms with Crippen molar-refractivity contribution in [2.75, 3.05) is 22.9 Å². The molecule has 0 radical (unpaired) electrons. The molecule has 3 aliphatic rings. The van der Waals surface area contributed by atoms with Crippen LogP contribution in [0.15, 0.2) is 36.4 Å². The van der Waals surface area contributed by atoms with Crippen LogP contribution in [0.5, 0.6) is 0 Å². The Hall–Kier alpha value is -2.76. The third-order valence-corrected chi connectivity index (χ3v) is 5.53. The lowest BCUT2D eigenvalue weighted by Gasteiger charge is -2.22. The Balaban J connectivity index is 1.41. The van der Waals surface area contributed by atoms with E-state index in [0.29, 0.717) is 24.7 Å². The van der Waals surface area contributed by atoms with E-state index in [-0.39, 0.29) is 23.7 Å². The average molecular weight is 348 g/mol. The van der Waals surface area contributed by atoms with Gasteiger partial charge in [-0.1, -0.05) is 18.2 Å². The lowest BCUT2D eigenvalue weighted by molar-refractivity contribution is -0.122. The number of fused-ring (bicyclic) bond motifs is 1. The predicted octanol–water partition coefficient (Wildman–Crippen LogP) is 2.29. The lowest BCUT2D eigenvalue weighted by atomic mass is 10.00. The zero-order chi connectivity index (χ0) is 17.8. The third kappa shape index (κ3) is 2.40. The molecule has 5 rings (SSSR count). The van der Waals surface area contributed by atoms with Crippen LogP contribution in [0.25, 0.3) is 0 Å². The smallest absolute Gasteiger partial charge is 0.239 e. The zero-order valence-corrected chi connectivity index (χ0v) is 14.6. The van der Waals surface area contributed by atoms with Crippen LogP contribution in [-0.2, 0) is 9.59 Å². The van der Waals surface area contributed by atoms with Crippen LogP contribution in [-0.4, -0.2) is 34.9 Å². The third-order valence-electron chi connectivity index (χ3n) is 5.53. The molecule has 1 saturated carbocycles. The maximum Gasteiger partial charge on any atom is 0.239 e. The number of imide groups is 1. The van der Waals surface area contributed by atoms with Crippen LogP contribution >= 0.6 is 0 Å². The van der Waals surface area contributed by atoms with E-state index in [0.717, 1.165) is 30.2 Å². The topological polar surface area (TPSA) is 66.4 Å². The lowest BCUT2D eigenvalue weighted by Crippen LogP contribution is -2.36. The molecule has 1 aliphatic carbocycles. The van der Waals surface area contributed by atoms with E-state index in [1.54, 1.807) is 0 Å². The van der Waals surface area contributed by atoms with E-state index in [1.165, 1.54) is 4.90 Å². The van der Waals surface area contributed by atoms with Crippen molar-refractivity contribution in [1.29, 1.82) is 0 Å². The summed E-state index contributed by atoms with van der Waals surface area (Å²) in [6.45, 7) is 3.06. The summed E-state index contributed by atoms with van der Waals surface area (Å²) in [6, 6.07) is 11.1. The number of benzene rings is 1. The molecule has 0 bridgehead atoms. The van der Waals surface area contributed by atoms with Crippen LogP contribution < -0.4 is 9.80 Å². The number of hydrogen-bond donors (Lipinski definition) is 0. The SMILES string of the molecule is Cc1cc(N2CC3C(=O)N(c4ccccc4)C(=O)C3C2)nc(C2CC2)n1. The molecule has 2 aliphatic heterocycles. The van der Waals surface area contributed by atoms with Crippen LogP contribution in [0.4, 0.5) is 11.5 Å². The van der Waals surface area contributed by atoms with Crippen molar-refractivity contribution in [3.63, 3.8) is 0 Å². The number of para-hydroxylation sites is 1. The highest BCUT2D eigenvalue weighted by molar-refractivity contribution is 6.22.